The first kappa shape index (κ1) is 32.1. The molecule has 1 N–H and O–H groups in total. The van der Waals surface area contributed by atoms with E-state index in [1.807, 2.05) is 17.8 Å². The van der Waals surface area contributed by atoms with Crippen LogP contribution in [0.5, 0.6) is 0 Å². The summed E-state index contributed by atoms with van der Waals surface area (Å²) in [6.45, 7) is 8.94. The molecule has 0 aliphatic carbocycles. The van der Waals surface area contributed by atoms with E-state index in [0.717, 1.165) is 23.5 Å². The largest absolute Gasteiger partial charge is 0.478 e. The molecular weight excluding hydrogens is 448 g/mol. The van der Waals surface area contributed by atoms with Crippen LogP contribution in [-0.2, 0) is 12.8 Å². The molecule has 0 aliphatic rings. The number of benzene rings is 1. The highest BCUT2D eigenvalue weighted by molar-refractivity contribution is 7.99. The van der Waals surface area contributed by atoms with E-state index in [-0.39, 0.29) is 0 Å². The van der Waals surface area contributed by atoms with E-state index in [4.69, 9.17) is 0 Å². The fourth-order valence-corrected chi connectivity index (χ4v) is 6.32. The molecule has 0 fully saturated rings. The molecule has 0 heterocycles. The maximum Gasteiger partial charge on any atom is 0.336 e. The second-order valence-electron chi connectivity index (χ2n) is 10.5. The first-order valence-corrected chi connectivity index (χ1v) is 16.1. The summed E-state index contributed by atoms with van der Waals surface area (Å²) in [5, 5.41) is 10.1. The van der Waals surface area contributed by atoms with Gasteiger partial charge < -0.3 is 5.11 Å². The molecule has 0 saturated carbocycles. The molecular formula is C32H56O2S. The molecule has 3 heteroatoms. The van der Waals surface area contributed by atoms with E-state index >= 15 is 0 Å². The van der Waals surface area contributed by atoms with Crippen LogP contribution in [-0.4, -0.2) is 16.8 Å². The van der Waals surface area contributed by atoms with Crippen molar-refractivity contribution in [3.05, 3.63) is 28.3 Å². The van der Waals surface area contributed by atoms with Crippen molar-refractivity contribution in [2.45, 2.75) is 161 Å². The predicted molar refractivity (Wildman–Crippen MR) is 156 cm³/mol. The number of carbonyl (C=O) groups is 1. The van der Waals surface area contributed by atoms with E-state index in [2.05, 4.69) is 27.7 Å². The van der Waals surface area contributed by atoms with Crippen molar-refractivity contribution < 1.29 is 9.90 Å². The van der Waals surface area contributed by atoms with Crippen LogP contribution in [0.15, 0.2) is 11.0 Å². The molecule has 0 atom stereocenters. The minimum Gasteiger partial charge on any atom is -0.478 e. The number of rotatable bonds is 23. The SMILES string of the molecule is CCCCCCCCSc1c(C(=O)O)cc(C)c(CCCCCCCC)c1CCCCCCCC. The first-order chi connectivity index (χ1) is 17.1. The zero-order valence-electron chi connectivity index (χ0n) is 23.7. The average molecular weight is 505 g/mol. The van der Waals surface area contributed by atoms with E-state index in [1.165, 1.54) is 132 Å². The number of hydrogen-bond donors (Lipinski definition) is 1. The molecule has 2 nitrogen and oxygen atoms in total. The summed E-state index contributed by atoms with van der Waals surface area (Å²) in [6, 6.07) is 1.98. The van der Waals surface area contributed by atoms with Crippen molar-refractivity contribution in [1.29, 1.82) is 0 Å². The normalized spacial score (nSPS) is 11.3. The number of carboxylic acid groups (broad SMARTS) is 1. The quantitative estimate of drug-likeness (QED) is 0.119. The van der Waals surface area contributed by atoms with Gasteiger partial charge in [-0.05, 0) is 67.5 Å². The van der Waals surface area contributed by atoms with Gasteiger partial charge in [-0.2, -0.15) is 0 Å². The van der Waals surface area contributed by atoms with Gasteiger partial charge in [0.25, 0.3) is 0 Å². The highest BCUT2D eigenvalue weighted by Crippen LogP contribution is 2.35. The van der Waals surface area contributed by atoms with Crippen molar-refractivity contribution in [3.8, 4) is 0 Å². The van der Waals surface area contributed by atoms with Gasteiger partial charge in [-0.3, -0.25) is 0 Å². The molecule has 202 valence electrons. The molecule has 0 aromatic heterocycles. The number of aryl methyl sites for hydroxylation is 1. The molecule has 0 amide bonds. The van der Waals surface area contributed by atoms with E-state index < -0.39 is 5.97 Å². The maximum atomic E-state index is 12.2. The Morgan fingerprint density at radius 2 is 1.09 bits per heavy atom. The lowest BCUT2D eigenvalue weighted by Gasteiger charge is -2.20. The fraction of sp³-hybridized carbons (Fsp3) is 0.781. The van der Waals surface area contributed by atoms with Gasteiger partial charge in [0.05, 0.1) is 5.56 Å². The van der Waals surface area contributed by atoms with Gasteiger partial charge in [-0.25, -0.2) is 4.79 Å². The van der Waals surface area contributed by atoms with Crippen LogP contribution in [0, 0.1) is 6.92 Å². The minimum atomic E-state index is -0.756. The Morgan fingerprint density at radius 3 is 1.57 bits per heavy atom. The molecule has 1 aromatic carbocycles. The van der Waals surface area contributed by atoms with Gasteiger partial charge >= 0.3 is 5.97 Å². The smallest absolute Gasteiger partial charge is 0.336 e. The zero-order chi connectivity index (χ0) is 25.7. The van der Waals surface area contributed by atoms with Gasteiger partial charge in [0.15, 0.2) is 0 Å². The second-order valence-corrected chi connectivity index (χ2v) is 11.6. The second kappa shape index (κ2) is 21.2. The molecule has 0 spiro atoms. The Labute approximate surface area is 222 Å². The van der Waals surface area contributed by atoms with Gasteiger partial charge in [0.1, 0.15) is 0 Å². The van der Waals surface area contributed by atoms with Gasteiger partial charge in [0.2, 0.25) is 0 Å². The standard InChI is InChI=1S/C32H56O2S/c1-5-8-11-14-17-20-23-28-27(4)26-30(32(33)34)31(35-25-22-19-16-13-10-7-3)29(28)24-21-18-15-12-9-6-2/h26H,5-25H2,1-4H3,(H,33,34). The third-order valence-electron chi connectivity index (χ3n) is 7.26. The van der Waals surface area contributed by atoms with E-state index in [0.29, 0.717) is 5.56 Å². The van der Waals surface area contributed by atoms with Crippen molar-refractivity contribution in [3.63, 3.8) is 0 Å². The van der Waals surface area contributed by atoms with Gasteiger partial charge in [-0.15, -0.1) is 11.8 Å². The Morgan fingerprint density at radius 1 is 0.657 bits per heavy atom. The summed E-state index contributed by atoms with van der Waals surface area (Å²) in [6.07, 6.45) is 25.3. The Bertz CT molecular complexity index is 683. The van der Waals surface area contributed by atoms with Gasteiger partial charge in [-0.1, -0.05) is 117 Å². The number of carboxylic acids is 1. The van der Waals surface area contributed by atoms with Crippen LogP contribution in [0.2, 0.25) is 0 Å². The lowest BCUT2D eigenvalue weighted by Crippen LogP contribution is -2.09. The summed E-state index contributed by atoms with van der Waals surface area (Å²) in [5.41, 5.74) is 4.58. The zero-order valence-corrected chi connectivity index (χ0v) is 24.5. The molecule has 0 saturated heterocycles. The van der Waals surface area contributed by atoms with Crippen molar-refractivity contribution in [2.75, 3.05) is 5.75 Å². The molecule has 0 unspecified atom stereocenters. The summed E-state index contributed by atoms with van der Waals surface area (Å²) >= 11 is 1.83. The molecule has 0 aliphatic heterocycles. The highest BCUT2D eigenvalue weighted by atomic mass is 32.2. The summed E-state index contributed by atoms with van der Waals surface area (Å²) in [7, 11) is 0. The Balaban J connectivity index is 2.95. The van der Waals surface area contributed by atoms with Crippen molar-refractivity contribution >= 4 is 17.7 Å². The fourth-order valence-electron chi connectivity index (χ4n) is 5.06. The van der Waals surface area contributed by atoms with Crippen LogP contribution in [0.3, 0.4) is 0 Å². The molecule has 1 rings (SSSR count). The van der Waals surface area contributed by atoms with Crippen LogP contribution in [0.4, 0.5) is 0 Å². The van der Waals surface area contributed by atoms with Crippen LogP contribution in [0.25, 0.3) is 0 Å². The number of aromatic carboxylic acids is 1. The monoisotopic (exact) mass is 504 g/mol. The number of hydrogen-bond acceptors (Lipinski definition) is 2. The third-order valence-corrected chi connectivity index (χ3v) is 8.50. The molecule has 0 radical (unpaired) electrons. The summed E-state index contributed by atoms with van der Waals surface area (Å²) in [5.74, 6) is 0.281. The van der Waals surface area contributed by atoms with Crippen LogP contribution < -0.4 is 0 Å². The molecule has 1 aromatic rings. The Kier molecular flexibility index (Phi) is 19.4. The van der Waals surface area contributed by atoms with Crippen molar-refractivity contribution in [1.82, 2.24) is 0 Å². The first-order valence-electron chi connectivity index (χ1n) is 15.1. The number of thioether (sulfide) groups is 1. The summed E-state index contributed by atoms with van der Waals surface area (Å²) in [4.78, 5) is 13.3. The Hall–Kier alpha value is -0.960. The maximum absolute atomic E-state index is 12.2. The lowest BCUT2D eigenvalue weighted by molar-refractivity contribution is 0.0692. The van der Waals surface area contributed by atoms with E-state index in [1.54, 1.807) is 0 Å². The topological polar surface area (TPSA) is 37.3 Å². The van der Waals surface area contributed by atoms with Crippen LogP contribution in [0.1, 0.15) is 163 Å². The highest BCUT2D eigenvalue weighted by Gasteiger charge is 2.20. The predicted octanol–water partition coefficient (Wildman–Crippen LogP) is 11.0. The van der Waals surface area contributed by atoms with Crippen LogP contribution >= 0.6 is 11.8 Å². The molecule has 0 bridgehead atoms. The average Bonchev–Trinajstić information content (AvgIpc) is 2.84. The van der Waals surface area contributed by atoms with Crippen molar-refractivity contribution in [2.24, 2.45) is 0 Å². The van der Waals surface area contributed by atoms with Gasteiger partial charge in [0, 0.05) is 4.90 Å². The molecule has 35 heavy (non-hydrogen) atoms. The van der Waals surface area contributed by atoms with E-state index in [9.17, 15) is 9.90 Å². The number of unbranched alkanes of at least 4 members (excludes halogenated alkanes) is 15. The third kappa shape index (κ3) is 13.8. The summed E-state index contributed by atoms with van der Waals surface area (Å²) < 4.78 is 0. The lowest BCUT2D eigenvalue weighted by atomic mass is 9.90. The minimum absolute atomic E-state index is 0.547.